The quantitative estimate of drug-likeness (QED) is 0.806. The van der Waals surface area contributed by atoms with Gasteiger partial charge in [0, 0.05) is 23.1 Å². The van der Waals surface area contributed by atoms with Gasteiger partial charge in [-0.25, -0.2) is 4.79 Å². The van der Waals surface area contributed by atoms with Gasteiger partial charge in [0.15, 0.2) is 0 Å². The third-order valence-corrected chi connectivity index (χ3v) is 3.56. The Balaban J connectivity index is 1.82. The van der Waals surface area contributed by atoms with Crippen LogP contribution in [-0.4, -0.2) is 55.9 Å². The highest BCUT2D eigenvalue weighted by Crippen LogP contribution is 2.18. The van der Waals surface area contributed by atoms with Crippen LogP contribution in [-0.2, 0) is 11.2 Å². The summed E-state index contributed by atoms with van der Waals surface area (Å²) in [6, 6.07) is 8.20. The fourth-order valence-electron chi connectivity index (χ4n) is 2.34. The number of aromatic nitrogens is 1. The van der Waals surface area contributed by atoms with Gasteiger partial charge in [0.05, 0.1) is 21.1 Å². The number of fused-ring (bicyclic) bond motifs is 1. The molecule has 0 aliphatic heterocycles. The minimum absolute atomic E-state index is 0.0239. The molecule has 0 unspecified atom stereocenters. The Morgan fingerprint density at radius 1 is 1.32 bits per heavy atom. The maximum atomic E-state index is 11.8. The highest BCUT2D eigenvalue weighted by Gasteiger charge is 2.13. The second-order valence-corrected chi connectivity index (χ2v) is 6.76. The number of benzene rings is 1. The van der Waals surface area contributed by atoms with Crippen LogP contribution >= 0.6 is 0 Å². The van der Waals surface area contributed by atoms with Gasteiger partial charge < -0.3 is 19.5 Å². The van der Waals surface area contributed by atoms with Gasteiger partial charge in [-0.2, -0.15) is 0 Å². The van der Waals surface area contributed by atoms with E-state index in [4.69, 9.17) is 4.74 Å². The van der Waals surface area contributed by atoms with Gasteiger partial charge in [0.1, 0.15) is 13.2 Å². The van der Waals surface area contributed by atoms with E-state index < -0.39 is 0 Å². The lowest BCUT2D eigenvalue weighted by molar-refractivity contribution is -0.870. The first-order valence-electron chi connectivity index (χ1n) is 7.64. The van der Waals surface area contributed by atoms with E-state index in [-0.39, 0.29) is 12.1 Å². The van der Waals surface area contributed by atoms with E-state index in [1.807, 2.05) is 25.3 Å². The molecule has 2 N–H and O–H groups in total. The Hall–Kier alpha value is -2.01. The standard InChI is InChI=1S/C17H25N3O2/c1-13(19-17(21)22-10-9-20(2,3)4)11-14-12-18-16-8-6-5-7-15(14)16/h5-8,12-13,18H,9-11H2,1-4H3/p+1/t13-/m1/s1. The van der Waals surface area contributed by atoms with Crippen molar-refractivity contribution in [1.82, 2.24) is 10.3 Å². The molecule has 1 heterocycles. The average Bonchev–Trinajstić information content (AvgIpc) is 2.80. The minimum atomic E-state index is -0.346. The number of hydrogen-bond donors (Lipinski definition) is 2. The van der Waals surface area contributed by atoms with E-state index >= 15 is 0 Å². The summed E-state index contributed by atoms with van der Waals surface area (Å²) in [6.07, 6.45) is 2.43. The number of H-pyrrole nitrogens is 1. The largest absolute Gasteiger partial charge is 0.444 e. The Labute approximate surface area is 131 Å². The van der Waals surface area contributed by atoms with Crippen molar-refractivity contribution < 1.29 is 14.0 Å². The summed E-state index contributed by atoms with van der Waals surface area (Å²) in [4.78, 5) is 15.0. The molecule has 120 valence electrons. The summed E-state index contributed by atoms with van der Waals surface area (Å²) in [7, 11) is 6.21. The van der Waals surface area contributed by atoms with Crippen molar-refractivity contribution in [2.45, 2.75) is 19.4 Å². The smallest absolute Gasteiger partial charge is 0.407 e. The highest BCUT2D eigenvalue weighted by molar-refractivity contribution is 5.83. The van der Waals surface area contributed by atoms with Crippen molar-refractivity contribution in [2.24, 2.45) is 0 Å². The number of carbonyl (C=O) groups is 1. The number of carbonyl (C=O) groups excluding carboxylic acids is 1. The van der Waals surface area contributed by atoms with Crippen LogP contribution in [0, 0.1) is 0 Å². The lowest BCUT2D eigenvalue weighted by Crippen LogP contribution is -2.40. The molecule has 5 heteroatoms. The van der Waals surface area contributed by atoms with E-state index in [1.165, 1.54) is 10.9 Å². The molecule has 1 aromatic heterocycles. The predicted octanol–water partition coefficient (Wildman–Crippen LogP) is 2.53. The molecule has 0 spiro atoms. The highest BCUT2D eigenvalue weighted by atomic mass is 16.5. The minimum Gasteiger partial charge on any atom is -0.444 e. The molecule has 2 rings (SSSR count). The van der Waals surface area contributed by atoms with Gasteiger partial charge in [0.2, 0.25) is 0 Å². The zero-order valence-corrected chi connectivity index (χ0v) is 13.8. The molecular formula is C17H26N3O2+. The van der Waals surface area contributed by atoms with E-state index in [1.54, 1.807) is 0 Å². The zero-order chi connectivity index (χ0) is 16.2. The number of ether oxygens (including phenoxy) is 1. The van der Waals surface area contributed by atoms with Crippen molar-refractivity contribution in [2.75, 3.05) is 34.3 Å². The lowest BCUT2D eigenvalue weighted by atomic mass is 10.1. The number of para-hydroxylation sites is 1. The molecule has 22 heavy (non-hydrogen) atoms. The van der Waals surface area contributed by atoms with Crippen LogP contribution in [0.2, 0.25) is 0 Å². The predicted molar refractivity (Wildman–Crippen MR) is 88.8 cm³/mol. The SMILES string of the molecule is C[C@H](Cc1c[nH]c2ccccc12)NC(=O)OCC[N+](C)(C)C. The molecule has 0 saturated heterocycles. The first-order chi connectivity index (χ1) is 10.3. The van der Waals surface area contributed by atoms with Crippen molar-refractivity contribution in [1.29, 1.82) is 0 Å². The van der Waals surface area contributed by atoms with E-state index in [9.17, 15) is 4.79 Å². The van der Waals surface area contributed by atoms with Crippen LogP contribution in [0.25, 0.3) is 10.9 Å². The summed E-state index contributed by atoms with van der Waals surface area (Å²) in [6.45, 7) is 3.21. The van der Waals surface area contributed by atoms with Gasteiger partial charge >= 0.3 is 6.09 Å². The average molecular weight is 304 g/mol. The number of hydrogen-bond acceptors (Lipinski definition) is 2. The number of quaternary nitrogens is 1. The van der Waals surface area contributed by atoms with Gasteiger partial charge in [-0.3, -0.25) is 0 Å². The molecular weight excluding hydrogens is 278 g/mol. The van der Waals surface area contributed by atoms with Gasteiger partial charge in [-0.15, -0.1) is 0 Å². The molecule has 1 aromatic carbocycles. The van der Waals surface area contributed by atoms with Crippen LogP contribution in [0.5, 0.6) is 0 Å². The number of aromatic amines is 1. The Morgan fingerprint density at radius 3 is 2.77 bits per heavy atom. The number of nitrogens with one attached hydrogen (secondary N) is 2. The number of nitrogens with zero attached hydrogens (tertiary/aromatic N) is 1. The van der Waals surface area contributed by atoms with Crippen molar-refractivity contribution >= 4 is 17.0 Å². The number of likely N-dealkylation sites (N-methyl/N-ethyl adjacent to an activating group) is 1. The summed E-state index contributed by atoms with van der Waals surface area (Å²) in [5.41, 5.74) is 2.32. The lowest BCUT2D eigenvalue weighted by Gasteiger charge is -2.23. The van der Waals surface area contributed by atoms with Gasteiger partial charge in [0.25, 0.3) is 0 Å². The Morgan fingerprint density at radius 2 is 2.05 bits per heavy atom. The summed E-state index contributed by atoms with van der Waals surface area (Å²) >= 11 is 0. The summed E-state index contributed by atoms with van der Waals surface area (Å²) < 4.78 is 6.00. The fraction of sp³-hybridized carbons (Fsp3) is 0.471. The fourth-order valence-corrected chi connectivity index (χ4v) is 2.34. The Bertz CT molecular complexity index is 628. The molecule has 0 radical (unpaired) electrons. The molecule has 0 aliphatic rings. The normalized spacial score (nSPS) is 13.1. The molecule has 0 aliphatic carbocycles. The van der Waals surface area contributed by atoms with Crippen LogP contribution in [0.1, 0.15) is 12.5 Å². The first-order valence-corrected chi connectivity index (χ1v) is 7.64. The number of amides is 1. The number of rotatable bonds is 6. The second-order valence-electron chi connectivity index (χ2n) is 6.76. The molecule has 0 fully saturated rings. The summed E-state index contributed by atoms with van der Waals surface area (Å²) in [5.74, 6) is 0. The maximum absolute atomic E-state index is 11.8. The molecule has 5 nitrogen and oxygen atoms in total. The van der Waals surface area contributed by atoms with Crippen molar-refractivity contribution in [3.8, 4) is 0 Å². The van der Waals surface area contributed by atoms with Crippen molar-refractivity contribution in [3.63, 3.8) is 0 Å². The van der Waals surface area contributed by atoms with E-state index in [0.717, 1.165) is 23.0 Å². The number of alkyl carbamates (subject to hydrolysis) is 1. The van der Waals surface area contributed by atoms with E-state index in [2.05, 4.69) is 43.6 Å². The topological polar surface area (TPSA) is 54.1 Å². The second kappa shape index (κ2) is 6.83. The molecule has 1 atom stereocenters. The summed E-state index contributed by atoms with van der Waals surface area (Å²) in [5, 5.41) is 4.09. The van der Waals surface area contributed by atoms with Gasteiger partial charge in [-0.1, -0.05) is 18.2 Å². The monoisotopic (exact) mass is 304 g/mol. The van der Waals surface area contributed by atoms with Crippen LogP contribution in [0.4, 0.5) is 4.79 Å². The Kier molecular flexibility index (Phi) is 5.08. The maximum Gasteiger partial charge on any atom is 0.407 e. The molecule has 2 aromatic rings. The van der Waals surface area contributed by atoms with Crippen LogP contribution in [0.15, 0.2) is 30.5 Å². The third kappa shape index (κ3) is 4.77. The zero-order valence-electron chi connectivity index (χ0n) is 13.8. The van der Waals surface area contributed by atoms with Crippen molar-refractivity contribution in [3.05, 3.63) is 36.0 Å². The first kappa shape index (κ1) is 16.4. The van der Waals surface area contributed by atoms with Crippen LogP contribution < -0.4 is 5.32 Å². The van der Waals surface area contributed by atoms with E-state index in [0.29, 0.717) is 6.61 Å². The molecule has 1 amide bonds. The van der Waals surface area contributed by atoms with Gasteiger partial charge in [-0.05, 0) is 25.0 Å². The van der Waals surface area contributed by atoms with Crippen LogP contribution in [0.3, 0.4) is 0 Å². The molecule has 0 saturated carbocycles. The molecule has 0 bridgehead atoms. The third-order valence-electron chi connectivity index (χ3n) is 3.56.